The van der Waals surface area contributed by atoms with E-state index in [4.69, 9.17) is 0 Å². The summed E-state index contributed by atoms with van der Waals surface area (Å²) in [5, 5.41) is 0.0590. The molecule has 9 heteroatoms. The van der Waals surface area contributed by atoms with Gasteiger partial charge in [0.15, 0.2) is 0 Å². The molecule has 2 aliphatic rings. The number of hydrogen-bond donors (Lipinski definition) is 1. The van der Waals surface area contributed by atoms with Crippen molar-refractivity contribution in [2.75, 3.05) is 6.61 Å². The molecule has 0 radical (unpaired) electrons. The molecule has 0 spiro atoms. The predicted molar refractivity (Wildman–Crippen MR) is 83.8 cm³/mol. The average molecular weight is 376 g/mol. The van der Waals surface area contributed by atoms with Gasteiger partial charge in [-0.2, -0.15) is 34.2 Å². The number of thiol groups is 1. The van der Waals surface area contributed by atoms with Crippen molar-refractivity contribution in [2.24, 2.45) is 5.92 Å². The van der Waals surface area contributed by atoms with E-state index in [0.717, 1.165) is 51.4 Å². The SMILES string of the molecule is O=C1CCCCC1S.O=S(=O)(OCC1CCCCC1)C(F)(F)F. The van der Waals surface area contributed by atoms with Gasteiger partial charge in [-0.3, -0.25) is 8.98 Å². The lowest BCUT2D eigenvalue weighted by Crippen LogP contribution is -2.28. The van der Waals surface area contributed by atoms with Crippen LogP contribution in [-0.2, 0) is 19.1 Å². The van der Waals surface area contributed by atoms with Crippen LogP contribution in [0, 0.1) is 5.92 Å². The Balaban J connectivity index is 0.000000277. The van der Waals surface area contributed by atoms with Gasteiger partial charge in [-0.05, 0) is 31.6 Å². The molecule has 0 bridgehead atoms. The Hall–Kier alpha value is -0.280. The molecule has 0 N–H and O–H groups in total. The fourth-order valence-corrected chi connectivity index (χ4v) is 3.39. The summed E-state index contributed by atoms with van der Waals surface area (Å²) in [5.74, 6) is 0.274. The van der Waals surface area contributed by atoms with Crippen LogP contribution in [0.2, 0.25) is 0 Å². The Bertz CT molecular complexity index is 471. The highest BCUT2D eigenvalue weighted by atomic mass is 32.2. The van der Waals surface area contributed by atoms with Crippen LogP contribution >= 0.6 is 12.6 Å². The summed E-state index contributed by atoms with van der Waals surface area (Å²) in [6, 6.07) is 0. The molecule has 2 saturated carbocycles. The molecular formula is C14H23F3O4S2. The molecule has 1 unspecified atom stereocenters. The molecule has 4 nitrogen and oxygen atoms in total. The number of rotatable bonds is 3. The van der Waals surface area contributed by atoms with Gasteiger partial charge in [0.1, 0.15) is 5.78 Å². The Morgan fingerprint density at radius 2 is 1.61 bits per heavy atom. The monoisotopic (exact) mass is 376 g/mol. The van der Waals surface area contributed by atoms with Gasteiger partial charge in [-0.15, -0.1) is 0 Å². The van der Waals surface area contributed by atoms with Crippen molar-refractivity contribution in [3.8, 4) is 0 Å². The molecule has 0 aliphatic heterocycles. The maximum Gasteiger partial charge on any atom is 0.523 e. The first-order valence-electron chi connectivity index (χ1n) is 7.80. The summed E-state index contributed by atoms with van der Waals surface area (Å²) in [6.07, 6.45) is 8.41. The van der Waals surface area contributed by atoms with Gasteiger partial charge in [0, 0.05) is 6.42 Å². The average Bonchev–Trinajstić information content (AvgIpc) is 2.49. The number of carbonyl (C=O) groups is 1. The second-order valence-corrected chi connectivity index (χ2v) is 8.15. The fraction of sp³-hybridized carbons (Fsp3) is 0.929. The Morgan fingerprint density at radius 1 is 1.04 bits per heavy atom. The second kappa shape index (κ2) is 9.27. The first kappa shape index (κ1) is 20.8. The van der Waals surface area contributed by atoms with E-state index in [9.17, 15) is 26.4 Å². The topological polar surface area (TPSA) is 60.4 Å². The summed E-state index contributed by atoms with van der Waals surface area (Å²) in [4.78, 5) is 10.7. The number of carbonyl (C=O) groups excluding carboxylic acids is 1. The predicted octanol–water partition coefficient (Wildman–Crippen LogP) is 3.86. The lowest BCUT2D eigenvalue weighted by Gasteiger charge is -2.21. The summed E-state index contributed by atoms with van der Waals surface area (Å²) >= 11 is 4.11. The lowest BCUT2D eigenvalue weighted by molar-refractivity contribution is -0.119. The molecule has 0 heterocycles. The molecule has 0 saturated heterocycles. The van der Waals surface area contributed by atoms with Crippen molar-refractivity contribution in [2.45, 2.75) is 68.5 Å². The molecule has 2 aliphatic carbocycles. The number of halogens is 3. The van der Waals surface area contributed by atoms with E-state index in [1.54, 1.807) is 0 Å². The van der Waals surface area contributed by atoms with Crippen molar-refractivity contribution < 1.29 is 30.6 Å². The van der Waals surface area contributed by atoms with Crippen LogP contribution in [0.5, 0.6) is 0 Å². The first-order valence-corrected chi connectivity index (χ1v) is 9.72. The zero-order valence-corrected chi connectivity index (χ0v) is 14.6. The minimum Gasteiger partial charge on any atom is -0.298 e. The second-order valence-electron chi connectivity index (χ2n) is 5.92. The van der Waals surface area contributed by atoms with Gasteiger partial charge < -0.3 is 0 Å². The number of ketones is 1. The molecule has 0 amide bonds. The van der Waals surface area contributed by atoms with Crippen LogP contribution < -0.4 is 0 Å². The third kappa shape index (κ3) is 7.43. The van der Waals surface area contributed by atoms with Crippen molar-refractivity contribution in [3.05, 3.63) is 0 Å². The van der Waals surface area contributed by atoms with E-state index < -0.39 is 15.6 Å². The van der Waals surface area contributed by atoms with Crippen molar-refractivity contribution in [3.63, 3.8) is 0 Å². The maximum atomic E-state index is 11.9. The highest BCUT2D eigenvalue weighted by molar-refractivity contribution is 7.87. The largest absolute Gasteiger partial charge is 0.523 e. The van der Waals surface area contributed by atoms with Crippen LogP contribution in [0.15, 0.2) is 0 Å². The minimum atomic E-state index is -5.40. The van der Waals surface area contributed by atoms with Crippen LogP contribution in [0.1, 0.15) is 57.8 Å². The van der Waals surface area contributed by atoms with Gasteiger partial charge in [0.2, 0.25) is 0 Å². The third-order valence-electron chi connectivity index (χ3n) is 3.99. The minimum absolute atomic E-state index is 0.0590. The van der Waals surface area contributed by atoms with Crippen LogP contribution in [0.3, 0.4) is 0 Å². The van der Waals surface area contributed by atoms with Gasteiger partial charge in [0.05, 0.1) is 11.9 Å². The zero-order valence-electron chi connectivity index (χ0n) is 12.8. The van der Waals surface area contributed by atoms with Crippen molar-refractivity contribution in [1.29, 1.82) is 0 Å². The van der Waals surface area contributed by atoms with Crippen LogP contribution in [0.4, 0.5) is 13.2 Å². The summed E-state index contributed by atoms with van der Waals surface area (Å²) in [5.41, 5.74) is -5.30. The van der Waals surface area contributed by atoms with E-state index >= 15 is 0 Å². The van der Waals surface area contributed by atoms with Crippen molar-refractivity contribution in [1.82, 2.24) is 0 Å². The summed E-state index contributed by atoms with van der Waals surface area (Å²) in [7, 11) is -5.40. The van der Waals surface area contributed by atoms with E-state index in [0.29, 0.717) is 5.78 Å². The normalized spacial score (nSPS) is 24.0. The molecule has 136 valence electrons. The number of Topliss-reactive ketones (excluding diaryl/α,β-unsaturated/α-hetero) is 1. The standard InChI is InChI=1S/C8H13F3O3S.C6H10OS/c9-8(10,11)15(12,13)14-6-7-4-2-1-3-5-7;7-5-3-1-2-4-6(5)8/h7H,1-6H2;6,8H,1-4H2. The molecule has 2 rings (SSSR count). The molecule has 2 fully saturated rings. The first-order chi connectivity index (χ1) is 10.6. The lowest BCUT2D eigenvalue weighted by atomic mass is 9.90. The van der Waals surface area contributed by atoms with Gasteiger partial charge in [0.25, 0.3) is 0 Å². The number of alkyl halides is 3. The molecular weight excluding hydrogens is 353 g/mol. The van der Waals surface area contributed by atoms with Gasteiger partial charge in [-0.25, -0.2) is 0 Å². The third-order valence-corrected chi connectivity index (χ3v) is 5.55. The molecule has 0 aromatic heterocycles. The van der Waals surface area contributed by atoms with Crippen LogP contribution in [-0.4, -0.2) is 31.6 Å². The Morgan fingerprint density at radius 3 is 2.04 bits per heavy atom. The molecule has 23 heavy (non-hydrogen) atoms. The Kier molecular flexibility index (Phi) is 8.37. The van der Waals surface area contributed by atoms with E-state index in [1.165, 1.54) is 6.42 Å². The molecule has 0 aromatic rings. The number of hydrogen-bond acceptors (Lipinski definition) is 5. The quantitative estimate of drug-likeness (QED) is 0.462. The molecule has 0 aromatic carbocycles. The van der Waals surface area contributed by atoms with Crippen LogP contribution in [0.25, 0.3) is 0 Å². The smallest absolute Gasteiger partial charge is 0.298 e. The van der Waals surface area contributed by atoms with Gasteiger partial charge >= 0.3 is 15.6 Å². The highest BCUT2D eigenvalue weighted by Gasteiger charge is 2.47. The van der Waals surface area contributed by atoms with E-state index in [2.05, 4.69) is 16.8 Å². The highest BCUT2D eigenvalue weighted by Crippen LogP contribution is 2.28. The molecule has 1 atom stereocenters. The zero-order chi connectivity index (χ0) is 17.5. The fourth-order valence-electron chi connectivity index (χ4n) is 2.57. The van der Waals surface area contributed by atoms with Gasteiger partial charge in [-0.1, -0.05) is 25.7 Å². The van der Waals surface area contributed by atoms with E-state index in [1.807, 2.05) is 0 Å². The van der Waals surface area contributed by atoms with E-state index in [-0.39, 0.29) is 17.8 Å². The summed E-state index contributed by atoms with van der Waals surface area (Å²) < 4.78 is 60.7. The van der Waals surface area contributed by atoms with Crippen molar-refractivity contribution >= 4 is 28.5 Å². The summed E-state index contributed by atoms with van der Waals surface area (Å²) in [6.45, 7) is -0.345. The maximum absolute atomic E-state index is 11.9. The Labute approximate surface area is 140 Å².